The van der Waals surface area contributed by atoms with E-state index in [4.69, 9.17) is 4.74 Å². The number of carbonyl (C=O) groups is 1. The third kappa shape index (κ3) is 3.00. The van der Waals surface area contributed by atoms with Gasteiger partial charge in [0.2, 0.25) is 0 Å². The molecule has 0 aliphatic carbocycles. The van der Waals surface area contributed by atoms with Crippen LogP contribution in [0.15, 0.2) is 52.3 Å². The van der Waals surface area contributed by atoms with Gasteiger partial charge < -0.3 is 15.0 Å². The maximum Gasteiger partial charge on any atom is 0.272 e. The summed E-state index contributed by atoms with van der Waals surface area (Å²) in [6, 6.07) is 13.5. The quantitative estimate of drug-likeness (QED) is 0.701. The Morgan fingerprint density at radius 1 is 1.20 bits per heavy atom. The van der Waals surface area contributed by atoms with Gasteiger partial charge >= 0.3 is 0 Å². The van der Waals surface area contributed by atoms with Crippen LogP contribution in [0.5, 0.6) is 5.75 Å². The SMILES string of the molecule is CCOc1ccc2c(c1)C(=c1sc3n(c1=O)CN(c1cccc(C)c1)CN=3)C(=O)N2. The van der Waals surface area contributed by atoms with Crippen molar-refractivity contribution in [2.45, 2.75) is 20.5 Å². The Bertz CT molecular complexity index is 1360. The highest BCUT2D eigenvalue weighted by molar-refractivity contribution is 7.07. The predicted octanol–water partition coefficient (Wildman–Crippen LogP) is 1.82. The number of nitrogens with one attached hydrogen (secondary N) is 1. The number of aromatic nitrogens is 1. The van der Waals surface area contributed by atoms with Crippen LogP contribution in [0.4, 0.5) is 11.4 Å². The predicted molar refractivity (Wildman–Crippen MR) is 117 cm³/mol. The number of anilines is 2. The fraction of sp³-hybridized carbons (Fsp3) is 0.227. The van der Waals surface area contributed by atoms with Crippen molar-refractivity contribution >= 4 is 34.2 Å². The third-order valence-corrected chi connectivity index (χ3v) is 6.31. The minimum Gasteiger partial charge on any atom is -0.494 e. The first-order valence-corrected chi connectivity index (χ1v) is 10.6. The monoisotopic (exact) mass is 420 g/mol. The molecule has 1 amide bonds. The van der Waals surface area contributed by atoms with Gasteiger partial charge in [-0.2, -0.15) is 0 Å². The van der Waals surface area contributed by atoms with Crippen LogP contribution in [0, 0.1) is 6.92 Å². The number of aryl methyl sites for hydroxylation is 1. The number of hydrogen-bond donors (Lipinski definition) is 1. The van der Waals surface area contributed by atoms with Gasteiger partial charge in [-0.05, 0) is 49.7 Å². The van der Waals surface area contributed by atoms with E-state index in [2.05, 4.69) is 16.4 Å². The zero-order valence-electron chi connectivity index (χ0n) is 16.6. The lowest BCUT2D eigenvalue weighted by atomic mass is 10.1. The number of fused-ring (bicyclic) bond motifs is 2. The Hall–Kier alpha value is -3.39. The first-order chi connectivity index (χ1) is 14.5. The molecule has 152 valence electrons. The number of nitrogens with zero attached hydrogens (tertiary/aromatic N) is 3. The Morgan fingerprint density at radius 2 is 2.07 bits per heavy atom. The van der Waals surface area contributed by atoms with Crippen LogP contribution >= 0.6 is 11.3 Å². The lowest BCUT2D eigenvalue weighted by molar-refractivity contribution is -0.110. The van der Waals surface area contributed by atoms with Crippen molar-refractivity contribution in [2.75, 3.05) is 23.5 Å². The topological polar surface area (TPSA) is 75.9 Å². The van der Waals surface area contributed by atoms with Gasteiger partial charge in [-0.1, -0.05) is 23.5 Å². The van der Waals surface area contributed by atoms with Crippen LogP contribution in [0.3, 0.4) is 0 Å². The molecule has 2 aromatic carbocycles. The summed E-state index contributed by atoms with van der Waals surface area (Å²) in [6.45, 7) is 5.34. The fourth-order valence-corrected chi connectivity index (χ4v) is 4.84. The standard InChI is InChI=1S/C22H20N4O3S/c1-3-29-15-7-8-17-16(10-15)18(20(27)24-17)19-21(28)26-12-25(11-23-22(26)30-19)14-6-4-5-13(2)9-14/h4-10H,3,11-12H2,1-2H3,(H,24,27). The third-order valence-electron chi connectivity index (χ3n) is 5.19. The summed E-state index contributed by atoms with van der Waals surface area (Å²) in [5.41, 5.74) is 3.74. The van der Waals surface area contributed by atoms with E-state index in [0.717, 1.165) is 11.3 Å². The summed E-state index contributed by atoms with van der Waals surface area (Å²) < 4.78 is 7.62. The summed E-state index contributed by atoms with van der Waals surface area (Å²) in [7, 11) is 0. The molecule has 2 aliphatic rings. The number of amides is 1. The van der Waals surface area contributed by atoms with E-state index in [9.17, 15) is 9.59 Å². The Balaban J connectivity index is 1.63. The molecule has 0 bridgehead atoms. The molecule has 0 spiro atoms. The highest BCUT2D eigenvalue weighted by Crippen LogP contribution is 2.33. The van der Waals surface area contributed by atoms with E-state index in [0.29, 0.717) is 51.9 Å². The van der Waals surface area contributed by atoms with Gasteiger partial charge in [-0.15, -0.1) is 0 Å². The van der Waals surface area contributed by atoms with Crippen molar-refractivity contribution in [2.24, 2.45) is 4.99 Å². The van der Waals surface area contributed by atoms with Crippen LogP contribution in [-0.4, -0.2) is 23.7 Å². The smallest absolute Gasteiger partial charge is 0.272 e. The Morgan fingerprint density at radius 3 is 2.87 bits per heavy atom. The molecule has 2 aliphatic heterocycles. The molecule has 1 N–H and O–H groups in total. The molecule has 8 heteroatoms. The summed E-state index contributed by atoms with van der Waals surface area (Å²) >= 11 is 1.26. The van der Waals surface area contributed by atoms with Crippen LogP contribution < -0.4 is 29.8 Å². The Labute approximate surface area is 176 Å². The molecule has 0 fully saturated rings. The second-order valence-corrected chi connectivity index (χ2v) is 8.21. The van der Waals surface area contributed by atoms with Crippen molar-refractivity contribution < 1.29 is 9.53 Å². The van der Waals surface area contributed by atoms with Crippen molar-refractivity contribution in [3.8, 4) is 5.75 Å². The van der Waals surface area contributed by atoms with Gasteiger partial charge in [0.15, 0.2) is 4.80 Å². The van der Waals surface area contributed by atoms with Gasteiger partial charge in [-0.3, -0.25) is 14.2 Å². The number of carbonyl (C=O) groups excluding carboxylic acids is 1. The van der Waals surface area contributed by atoms with Crippen molar-refractivity contribution in [3.63, 3.8) is 0 Å². The maximum absolute atomic E-state index is 13.3. The summed E-state index contributed by atoms with van der Waals surface area (Å²) in [6.07, 6.45) is 0. The Kier molecular flexibility index (Phi) is 4.43. The molecule has 0 saturated heterocycles. The van der Waals surface area contributed by atoms with Crippen LogP contribution in [0.2, 0.25) is 0 Å². The molecule has 0 saturated carbocycles. The number of ether oxygens (including phenoxy) is 1. The van der Waals surface area contributed by atoms with Crippen molar-refractivity contribution in [1.29, 1.82) is 0 Å². The summed E-state index contributed by atoms with van der Waals surface area (Å²) in [4.78, 5) is 33.3. The second kappa shape index (κ2) is 7.14. The van der Waals surface area contributed by atoms with Crippen molar-refractivity contribution in [1.82, 2.24) is 4.57 Å². The minimum atomic E-state index is -0.273. The van der Waals surface area contributed by atoms with Gasteiger partial charge in [-0.25, -0.2) is 4.99 Å². The normalized spacial score (nSPS) is 16.6. The molecule has 30 heavy (non-hydrogen) atoms. The zero-order valence-corrected chi connectivity index (χ0v) is 17.5. The first-order valence-electron chi connectivity index (χ1n) is 9.74. The van der Waals surface area contributed by atoms with E-state index in [1.54, 1.807) is 10.6 Å². The molecular weight excluding hydrogens is 400 g/mol. The lowest BCUT2D eigenvalue weighted by Crippen LogP contribution is -2.43. The van der Waals surface area contributed by atoms with Crippen molar-refractivity contribution in [3.05, 3.63) is 73.3 Å². The fourth-order valence-electron chi connectivity index (χ4n) is 3.78. The van der Waals surface area contributed by atoms with Crippen LogP contribution in [0.25, 0.3) is 5.57 Å². The maximum atomic E-state index is 13.3. The molecule has 7 nitrogen and oxygen atoms in total. The molecule has 0 radical (unpaired) electrons. The summed E-state index contributed by atoms with van der Waals surface area (Å²) in [5, 5.41) is 2.85. The second-order valence-electron chi connectivity index (χ2n) is 7.24. The molecule has 3 aromatic rings. The number of benzene rings is 2. The number of hydrogen-bond acceptors (Lipinski definition) is 6. The molecule has 1 aromatic heterocycles. The average Bonchev–Trinajstić information content (AvgIpc) is 3.23. The van der Waals surface area contributed by atoms with E-state index in [1.165, 1.54) is 11.3 Å². The lowest BCUT2D eigenvalue weighted by Gasteiger charge is -2.25. The van der Waals surface area contributed by atoms with Gasteiger partial charge in [0.1, 0.15) is 23.6 Å². The van der Waals surface area contributed by atoms with Crippen LogP contribution in [0.1, 0.15) is 18.1 Å². The molecule has 3 heterocycles. The van der Waals surface area contributed by atoms with Gasteiger partial charge in [0.05, 0.1) is 12.2 Å². The molecule has 5 rings (SSSR count). The molecule has 0 unspecified atom stereocenters. The molecule has 0 atom stereocenters. The number of thiazole rings is 1. The first kappa shape index (κ1) is 18.6. The zero-order chi connectivity index (χ0) is 20.8. The number of rotatable bonds is 3. The minimum absolute atomic E-state index is 0.198. The average molecular weight is 420 g/mol. The summed E-state index contributed by atoms with van der Waals surface area (Å²) in [5.74, 6) is 0.396. The highest BCUT2D eigenvalue weighted by Gasteiger charge is 2.28. The largest absolute Gasteiger partial charge is 0.494 e. The van der Waals surface area contributed by atoms with E-state index in [-0.39, 0.29) is 11.5 Å². The van der Waals surface area contributed by atoms with E-state index >= 15 is 0 Å². The van der Waals surface area contributed by atoms with E-state index < -0.39 is 0 Å². The molecular formula is C22H20N4O3S. The highest BCUT2D eigenvalue weighted by atomic mass is 32.1. The van der Waals surface area contributed by atoms with Crippen LogP contribution in [-0.2, 0) is 11.5 Å². The van der Waals surface area contributed by atoms with Gasteiger partial charge in [0, 0.05) is 16.9 Å². The van der Waals surface area contributed by atoms with E-state index in [1.807, 2.05) is 49.1 Å². The van der Waals surface area contributed by atoms with Gasteiger partial charge in [0.25, 0.3) is 11.5 Å².